The van der Waals surface area contributed by atoms with Gasteiger partial charge in [-0.2, -0.15) is 0 Å². The molecule has 0 radical (unpaired) electrons. The smallest absolute Gasteiger partial charge is 0.220 e. The number of para-hydroxylation sites is 2. The van der Waals surface area contributed by atoms with Gasteiger partial charge >= 0.3 is 0 Å². The Balaban J connectivity index is 1.91. The molecule has 1 aromatic heterocycles. The van der Waals surface area contributed by atoms with Crippen molar-refractivity contribution in [3.8, 4) is 0 Å². The van der Waals surface area contributed by atoms with Gasteiger partial charge in [0.25, 0.3) is 0 Å². The minimum absolute atomic E-state index is 0.305. The average molecular weight is 307 g/mol. The van der Waals surface area contributed by atoms with Crippen LogP contribution in [-0.2, 0) is 4.79 Å². The van der Waals surface area contributed by atoms with E-state index in [4.69, 9.17) is 12.2 Å². The first-order valence-corrected chi connectivity index (χ1v) is 7.15. The number of benzene rings is 2. The summed E-state index contributed by atoms with van der Waals surface area (Å²) in [5.74, 6) is 0. The predicted octanol–water partition coefficient (Wildman–Crippen LogP) is 3.59. The first-order valence-electron chi connectivity index (χ1n) is 6.74. The number of thiocarbonyl (C=S) groups is 1. The van der Waals surface area contributed by atoms with Crippen LogP contribution in [0.5, 0.6) is 0 Å². The highest BCUT2D eigenvalue weighted by atomic mass is 32.1. The highest BCUT2D eigenvalue weighted by Crippen LogP contribution is 2.22. The molecule has 1 N–H and O–H groups in total. The van der Waals surface area contributed by atoms with Gasteiger partial charge < -0.3 is 5.32 Å². The summed E-state index contributed by atoms with van der Waals surface area (Å²) in [5, 5.41) is 4.41. The number of aromatic nitrogens is 1. The fourth-order valence-corrected chi connectivity index (χ4v) is 2.45. The second-order valence-corrected chi connectivity index (χ2v) is 5.01. The Morgan fingerprint density at radius 1 is 1.05 bits per heavy atom. The minimum atomic E-state index is 0.305. The lowest BCUT2D eigenvalue weighted by atomic mass is 10.2. The summed E-state index contributed by atoms with van der Waals surface area (Å²) in [4.78, 5) is 17.1. The van der Waals surface area contributed by atoms with Gasteiger partial charge in [0.2, 0.25) is 6.41 Å². The molecular weight excluding hydrogens is 294 g/mol. The maximum atomic E-state index is 11.4. The van der Waals surface area contributed by atoms with Crippen molar-refractivity contribution < 1.29 is 4.79 Å². The summed E-state index contributed by atoms with van der Waals surface area (Å²) in [6.45, 7) is 0. The molecule has 0 fully saturated rings. The fourth-order valence-electron chi connectivity index (χ4n) is 2.20. The van der Waals surface area contributed by atoms with Crippen LogP contribution in [0.3, 0.4) is 0 Å². The van der Waals surface area contributed by atoms with Crippen LogP contribution in [0.15, 0.2) is 66.9 Å². The molecule has 2 aromatic carbocycles. The highest BCUT2D eigenvalue weighted by molar-refractivity contribution is 7.80. The number of nitrogens with zero attached hydrogens (tertiary/aromatic N) is 2. The second-order valence-electron chi connectivity index (χ2n) is 4.62. The SMILES string of the molecule is O=CN(C(=S)Nc1cccc2cccnc12)c1ccccc1. The zero-order valence-electron chi connectivity index (χ0n) is 11.6. The van der Waals surface area contributed by atoms with Gasteiger partial charge in [0.15, 0.2) is 5.11 Å². The number of hydrogen-bond donors (Lipinski definition) is 1. The molecule has 0 spiro atoms. The third kappa shape index (κ3) is 2.80. The van der Waals surface area contributed by atoms with Crippen LogP contribution < -0.4 is 10.2 Å². The van der Waals surface area contributed by atoms with Gasteiger partial charge in [0.1, 0.15) is 0 Å². The molecule has 0 unspecified atom stereocenters. The first kappa shape index (κ1) is 14.2. The molecule has 0 atom stereocenters. The Morgan fingerprint density at radius 3 is 2.59 bits per heavy atom. The Kier molecular flexibility index (Phi) is 4.07. The highest BCUT2D eigenvalue weighted by Gasteiger charge is 2.12. The molecule has 0 aliphatic heterocycles. The standard InChI is InChI=1S/C17H13N3OS/c21-12-20(14-8-2-1-3-9-14)17(22)19-15-10-4-6-13-7-5-11-18-16(13)15/h1-12H,(H,19,22). The number of amides is 1. The quantitative estimate of drug-likeness (QED) is 0.593. The van der Waals surface area contributed by atoms with Crippen molar-refractivity contribution in [2.45, 2.75) is 0 Å². The van der Waals surface area contributed by atoms with Gasteiger partial charge in [0, 0.05) is 11.6 Å². The molecule has 5 heteroatoms. The van der Waals surface area contributed by atoms with Crippen LogP contribution >= 0.6 is 12.2 Å². The van der Waals surface area contributed by atoms with Crippen molar-refractivity contribution in [2.24, 2.45) is 0 Å². The number of pyridine rings is 1. The topological polar surface area (TPSA) is 45.2 Å². The van der Waals surface area contributed by atoms with Crippen LogP contribution in [0.25, 0.3) is 10.9 Å². The Bertz CT molecular complexity index is 815. The minimum Gasteiger partial charge on any atom is -0.330 e. The summed E-state index contributed by atoms with van der Waals surface area (Å²) in [6, 6.07) is 18.9. The third-order valence-corrected chi connectivity index (χ3v) is 3.53. The number of anilines is 2. The average Bonchev–Trinajstić information content (AvgIpc) is 2.57. The second kappa shape index (κ2) is 6.32. The molecule has 1 amide bonds. The molecule has 22 heavy (non-hydrogen) atoms. The molecule has 0 saturated heterocycles. The lowest BCUT2D eigenvalue weighted by Gasteiger charge is -2.19. The van der Waals surface area contributed by atoms with Crippen LogP contribution in [0.1, 0.15) is 0 Å². The monoisotopic (exact) mass is 307 g/mol. The van der Waals surface area contributed by atoms with E-state index < -0.39 is 0 Å². The predicted molar refractivity (Wildman–Crippen MR) is 92.9 cm³/mol. The number of carbonyl (C=O) groups is 1. The van der Waals surface area contributed by atoms with Crippen LogP contribution in [-0.4, -0.2) is 16.5 Å². The molecule has 1 heterocycles. The van der Waals surface area contributed by atoms with Crippen LogP contribution in [0.4, 0.5) is 11.4 Å². The van der Waals surface area contributed by atoms with E-state index in [1.807, 2.05) is 60.7 Å². The Morgan fingerprint density at radius 2 is 1.82 bits per heavy atom. The summed E-state index contributed by atoms with van der Waals surface area (Å²) < 4.78 is 0. The van der Waals surface area contributed by atoms with Gasteiger partial charge in [-0.25, -0.2) is 0 Å². The van der Waals surface area contributed by atoms with E-state index in [-0.39, 0.29) is 0 Å². The van der Waals surface area contributed by atoms with E-state index >= 15 is 0 Å². The summed E-state index contributed by atoms with van der Waals surface area (Å²) in [6.07, 6.45) is 2.43. The maximum absolute atomic E-state index is 11.4. The lowest BCUT2D eigenvalue weighted by Crippen LogP contribution is -2.33. The van der Waals surface area contributed by atoms with E-state index in [0.717, 1.165) is 16.6 Å². The molecule has 3 rings (SSSR count). The lowest BCUT2D eigenvalue weighted by molar-refractivity contribution is -0.106. The first-order chi connectivity index (χ1) is 10.8. The van der Waals surface area contributed by atoms with Crippen molar-refractivity contribution in [2.75, 3.05) is 10.2 Å². The Hall–Kier alpha value is -2.79. The van der Waals surface area contributed by atoms with Crippen molar-refractivity contribution in [3.63, 3.8) is 0 Å². The van der Waals surface area contributed by atoms with Crippen molar-refractivity contribution in [1.29, 1.82) is 0 Å². The molecule has 0 aliphatic carbocycles. The normalized spacial score (nSPS) is 10.2. The van der Waals surface area contributed by atoms with E-state index in [9.17, 15) is 4.79 Å². The van der Waals surface area contributed by atoms with Crippen molar-refractivity contribution in [3.05, 3.63) is 66.9 Å². The molecule has 108 valence electrons. The number of fused-ring (bicyclic) bond motifs is 1. The molecule has 0 bridgehead atoms. The molecule has 3 aromatic rings. The molecule has 0 aliphatic rings. The summed E-state index contributed by atoms with van der Waals surface area (Å²) in [7, 11) is 0. The molecule has 4 nitrogen and oxygen atoms in total. The van der Waals surface area contributed by atoms with Gasteiger partial charge in [0.05, 0.1) is 16.9 Å². The van der Waals surface area contributed by atoms with E-state index in [1.54, 1.807) is 6.20 Å². The van der Waals surface area contributed by atoms with Crippen LogP contribution in [0, 0.1) is 0 Å². The van der Waals surface area contributed by atoms with Gasteiger partial charge in [-0.05, 0) is 36.5 Å². The summed E-state index contributed by atoms with van der Waals surface area (Å²) in [5.41, 5.74) is 2.29. The number of rotatable bonds is 3. The van der Waals surface area contributed by atoms with Crippen molar-refractivity contribution >= 4 is 46.0 Å². The van der Waals surface area contributed by atoms with Gasteiger partial charge in [-0.1, -0.05) is 36.4 Å². The van der Waals surface area contributed by atoms with Crippen molar-refractivity contribution in [1.82, 2.24) is 4.98 Å². The number of nitrogens with one attached hydrogen (secondary N) is 1. The van der Waals surface area contributed by atoms with E-state index in [2.05, 4.69) is 10.3 Å². The fraction of sp³-hybridized carbons (Fsp3) is 0. The zero-order chi connectivity index (χ0) is 15.4. The third-order valence-electron chi connectivity index (χ3n) is 3.23. The van der Waals surface area contributed by atoms with Crippen LogP contribution in [0.2, 0.25) is 0 Å². The maximum Gasteiger partial charge on any atom is 0.220 e. The Labute approximate surface area is 133 Å². The molecular formula is C17H13N3OS. The number of hydrogen-bond acceptors (Lipinski definition) is 3. The molecule has 0 saturated carbocycles. The number of carbonyl (C=O) groups excluding carboxylic acids is 1. The van der Waals surface area contributed by atoms with E-state index in [0.29, 0.717) is 17.2 Å². The van der Waals surface area contributed by atoms with Gasteiger partial charge in [-0.3, -0.25) is 14.7 Å². The largest absolute Gasteiger partial charge is 0.330 e. The van der Waals surface area contributed by atoms with E-state index in [1.165, 1.54) is 4.90 Å². The summed E-state index contributed by atoms with van der Waals surface area (Å²) >= 11 is 5.36. The van der Waals surface area contributed by atoms with Gasteiger partial charge in [-0.15, -0.1) is 0 Å². The zero-order valence-corrected chi connectivity index (χ0v) is 12.5.